The van der Waals surface area contributed by atoms with Gasteiger partial charge < -0.3 is 4.90 Å². The second kappa shape index (κ2) is 7.89. The second-order valence-corrected chi connectivity index (χ2v) is 5.91. The van der Waals surface area contributed by atoms with Gasteiger partial charge in [-0.25, -0.2) is 4.99 Å². The number of rotatable bonds is 4. The first-order chi connectivity index (χ1) is 10.2. The zero-order valence-electron chi connectivity index (χ0n) is 12.9. The van der Waals surface area contributed by atoms with Crippen LogP contribution in [0.2, 0.25) is 0 Å². The predicted molar refractivity (Wildman–Crippen MR) is 94.2 cm³/mol. The van der Waals surface area contributed by atoms with Crippen molar-refractivity contribution in [3.05, 3.63) is 66.2 Å². The largest absolute Gasteiger partial charge is 0.344 e. The Morgan fingerprint density at radius 3 is 2.10 bits per heavy atom. The molecule has 110 valence electrons. The number of nitrogens with zero attached hydrogens (tertiary/aromatic N) is 2. The molecule has 2 aromatic rings. The van der Waals surface area contributed by atoms with Gasteiger partial charge in [-0.1, -0.05) is 60.3 Å². The summed E-state index contributed by atoms with van der Waals surface area (Å²) in [4.78, 5) is 7.14. The van der Waals surface area contributed by atoms with Gasteiger partial charge in [-0.15, -0.1) is 0 Å². The highest BCUT2D eigenvalue weighted by molar-refractivity contribution is 8.13. The fourth-order valence-corrected chi connectivity index (χ4v) is 2.80. The van der Waals surface area contributed by atoms with E-state index >= 15 is 0 Å². The minimum atomic E-state index is 0.403. The van der Waals surface area contributed by atoms with Crippen molar-refractivity contribution < 1.29 is 0 Å². The predicted octanol–water partition coefficient (Wildman–Crippen LogP) is 4.95. The summed E-state index contributed by atoms with van der Waals surface area (Å²) in [7, 11) is 0. The van der Waals surface area contributed by atoms with Gasteiger partial charge in [-0.05, 0) is 37.8 Å². The quantitative estimate of drug-likeness (QED) is 0.586. The molecule has 2 nitrogen and oxygen atoms in total. The maximum atomic E-state index is 4.80. The van der Waals surface area contributed by atoms with Crippen LogP contribution in [0.25, 0.3) is 0 Å². The SMILES string of the molecule is CSC(=Nc1ccccc1)N(Cc1ccccc1)C(C)C. The summed E-state index contributed by atoms with van der Waals surface area (Å²) in [5, 5.41) is 1.06. The lowest BCUT2D eigenvalue weighted by molar-refractivity contribution is 0.350. The van der Waals surface area contributed by atoms with E-state index in [1.807, 2.05) is 30.3 Å². The number of thioether (sulfide) groups is 1. The summed E-state index contributed by atoms with van der Waals surface area (Å²) in [6.45, 7) is 5.30. The van der Waals surface area contributed by atoms with Crippen molar-refractivity contribution in [2.45, 2.75) is 26.4 Å². The number of benzene rings is 2. The number of hydrogen-bond donors (Lipinski definition) is 0. The van der Waals surface area contributed by atoms with E-state index in [0.29, 0.717) is 6.04 Å². The third kappa shape index (κ3) is 4.64. The van der Waals surface area contributed by atoms with Gasteiger partial charge in [0.15, 0.2) is 5.17 Å². The standard InChI is InChI=1S/C18H22N2S/c1-15(2)20(14-16-10-6-4-7-11-16)18(21-3)19-17-12-8-5-9-13-17/h4-13,15H,14H2,1-3H3. The van der Waals surface area contributed by atoms with Crippen molar-refractivity contribution in [3.63, 3.8) is 0 Å². The van der Waals surface area contributed by atoms with Crippen molar-refractivity contribution in [2.24, 2.45) is 4.99 Å². The zero-order chi connectivity index (χ0) is 15.1. The number of amidine groups is 1. The van der Waals surface area contributed by atoms with Crippen LogP contribution in [0.5, 0.6) is 0 Å². The Morgan fingerprint density at radius 1 is 1.00 bits per heavy atom. The van der Waals surface area contributed by atoms with Crippen LogP contribution in [0, 0.1) is 0 Å². The normalized spacial score (nSPS) is 11.7. The van der Waals surface area contributed by atoms with E-state index in [1.54, 1.807) is 11.8 Å². The molecule has 0 fully saturated rings. The molecular weight excluding hydrogens is 276 g/mol. The Labute approximate surface area is 131 Å². The van der Waals surface area contributed by atoms with E-state index < -0.39 is 0 Å². The van der Waals surface area contributed by atoms with E-state index in [1.165, 1.54) is 5.56 Å². The second-order valence-electron chi connectivity index (χ2n) is 5.14. The average Bonchev–Trinajstić information content (AvgIpc) is 2.52. The fraction of sp³-hybridized carbons (Fsp3) is 0.278. The highest BCUT2D eigenvalue weighted by Gasteiger charge is 2.15. The van der Waals surface area contributed by atoms with Gasteiger partial charge in [0.2, 0.25) is 0 Å². The molecule has 0 bridgehead atoms. The molecule has 0 aliphatic carbocycles. The van der Waals surface area contributed by atoms with Crippen molar-refractivity contribution >= 4 is 22.6 Å². The minimum Gasteiger partial charge on any atom is -0.344 e. The average molecular weight is 298 g/mol. The third-order valence-electron chi connectivity index (χ3n) is 3.23. The van der Waals surface area contributed by atoms with Crippen molar-refractivity contribution in [1.29, 1.82) is 0 Å². The van der Waals surface area contributed by atoms with Gasteiger partial charge in [-0.2, -0.15) is 0 Å². The van der Waals surface area contributed by atoms with Gasteiger partial charge in [0.1, 0.15) is 0 Å². The molecule has 0 N–H and O–H groups in total. The van der Waals surface area contributed by atoms with E-state index in [2.05, 4.69) is 55.3 Å². The van der Waals surface area contributed by atoms with Gasteiger partial charge in [-0.3, -0.25) is 0 Å². The zero-order valence-corrected chi connectivity index (χ0v) is 13.7. The van der Waals surface area contributed by atoms with Crippen molar-refractivity contribution in [2.75, 3.05) is 6.26 Å². The van der Waals surface area contributed by atoms with E-state index in [9.17, 15) is 0 Å². The molecule has 0 aromatic heterocycles. The Kier molecular flexibility index (Phi) is 5.88. The summed E-state index contributed by atoms with van der Waals surface area (Å²) >= 11 is 1.70. The van der Waals surface area contributed by atoms with Gasteiger partial charge >= 0.3 is 0 Å². The Balaban J connectivity index is 2.25. The van der Waals surface area contributed by atoms with Crippen LogP contribution in [0.3, 0.4) is 0 Å². The van der Waals surface area contributed by atoms with Crippen LogP contribution < -0.4 is 0 Å². The number of para-hydroxylation sites is 1. The minimum absolute atomic E-state index is 0.403. The van der Waals surface area contributed by atoms with Gasteiger partial charge in [0, 0.05) is 12.6 Å². The molecule has 2 rings (SSSR count). The molecule has 0 saturated carbocycles. The summed E-state index contributed by atoms with van der Waals surface area (Å²) in [5.41, 5.74) is 2.31. The van der Waals surface area contributed by atoms with Crippen LogP contribution >= 0.6 is 11.8 Å². The van der Waals surface area contributed by atoms with Gasteiger partial charge in [0.25, 0.3) is 0 Å². The van der Waals surface area contributed by atoms with Crippen molar-refractivity contribution in [3.8, 4) is 0 Å². The molecule has 0 aliphatic rings. The number of aliphatic imine (C=N–C) groups is 1. The Hall–Kier alpha value is -1.74. The molecule has 0 radical (unpaired) electrons. The van der Waals surface area contributed by atoms with Crippen LogP contribution in [-0.4, -0.2) is 22.4 Å². The summed E-state index contributed by atoms with van der Waals surface area (Å²) in [6, 6.07) is 21.1. The lowest BCUT2D eigenvalue weighted by atomic mass is 10.2. The van der Waals surface area contributed by atoms with Crippen LogP contribution in [0.1, 0.15) is 19.4 Å². The smallest absolute Gasteiger partial charge is 0.164 e. The van der Waals surface area contributed by atoms with Crippen LogP contribution in [-0.2, 0) is 6.54 Å². The maximum Gasteiger partial charge on any atom is 0.164 e. The first kappa shape index (κ1) is 15.6. The molecule has 0 spiro atoms. The Morgan fingerprint density at radius 2 is 1.57 bits per heavy atom. The van der Waals surface area contributed by atoms with Crippen LogP contribution in [0.4, 0.5) is 5.69 Å². The molecule has 0 amide bonds. The lowest BCUT2D eigenvalue weighted by Crippen LogP contribution is -2.34. The van der Waals surface area contributed by atoms with E-state index in [0.717, 1.165) is 17.4 Å². The fourth-order valence-electron chi connectivity index (χ4n) is 2.09. The van der Waals surface area contributed by atoms with E-state index in [-0.39, 0.29) is 0 Å². The summed E-state index contributed by atoms with van der Waals surface area (Å²) < 4.78 is 0. The number of hydrogen-bond acceptors (Lipinski definition) is 2. The van der Waals surface area contributed by atoms with Crippen molar-refractivity contribution in [1.82, 2.24) is 4.90 Å². The summed E-state index contributed by atoms with van der Waals surface area (Å²) in [5.74, 6) is 0. The highest BCUT2D eigenvalue weighted by atomic mass is 32.2. The monoisotopic (exact) mass is 298 g/mol. The maximum absolute atomic E-state index is 4.80. The molecule has 21 heavy (non-hydrogen) atoms. The van der Waals surface area contributed by atoms with Gasteiger partial charge in [0.05, 0.1) is 5.69 Å². The first-order valence-corrected chi connectivity index (χ1v) is 8.41. The molecule has 2 aromatic carbocycles. The summed E-state index contributed by atoms with van der Waals surface area (Å²) in [6.07, 6.45) is 2.09. The molecule has 3 heteroatoms. The topological polar surface area (TPSA) is 15.6 Å². The lowest BCUT2D eigenvalue weighted by Gasteiger charge is -2.29. The molecular formula is C18H22N2S. The molecule has 0 atom stereocenters. The van der Waals surface area contributed by atoms with E-state index in [4.69, 9.17) is 4.99 Å². The Bertz CT molecular complexity index is 564. The third-order valence-corrected chi connectivity index (χ3v) is 3.92. The first-order valence-electron chi connectivity index (χ1n) is 7.19. The molecule has 0 unspecified atom stereocenters. The van der Waals surface area contributed by atoms with Crippen LogP contribution in [0.15, 0.2) is 65.7 Å². The molecule has 0 aliphatic heterocycles. The molecule has 0 saturated heterocycles. The highest BCUT2D eigenvalue weighted by Crippen LogP contribution is 2.19. The molecule has 0 heterocycles.